The normalized spacial score (nSPS) is 13.7. The van der Waals surface area contributed by atoms with Crippen molar-refractivity contribution >= 4 is 35.5 Å². The van der Waals surface area contributed by atoms with Crippen LogP contribution in [-0.4, -0.2) is 64.0 Å². The summed E-state index contributed by atoms with van der Waals surface area (Å²) in [5, 5.41) is 23.2. The average molecular weight is 426 g/mol. The van der Waals surface area contributed by atoms with E-state index in [-0.39, 0.29) is 18.6 Å². The summed E-state index contributed by atoms with van der Waals surface area (Å²) in [5.74, 6) is -3.02. The summed E-state index contributed by atoms with van der Waals surface area (Å²) < 4.78 is 0. The molecular formula is C18H26N4O6S. The van der Waals surface area contributed by atoms with Gasteiger partial charge in [-0.25, -0.2) is 4.79 Å². The molecule has 1 rings (SSSR count). The van der Waals surface area contributed by atoms with Crippen LogP contribution in [0.2, 0.25) is 0 Å². The number of amides is 3. The maximum Gasteiger partial charge on any atom is 0.326 e. The van der Waals surface area contributed by atoms with Gasteiger partial charge in [0.25, 0.3) is 0 Å². The molecule has 0 aliphatic rings. The molecule has 0 aromatic heterocycles. The molecule has 3 amide bonds. The smallest absolute Gasteiger partial charge is 0.326 e. The number of thioether (sulfide) groups is 1. The second-order valence-electron chi connectivity index (χ2n) is 6.39. The Balaban J connectivity index is 2.78. The number of hydrogen-bond donors (Lipinski definition) is 6. The van der Waals surface area contributed by atoms with Gasteiger partial charge >= 0.3 is 5.97 Å². The maximum atomic E-state index is 12.4. The van der Waals surface area contributed by atoms with Crippen LogP contribution >= 0.6 is 11.8 Å². The number of carboxylic acids is 1. The third-order valence-electron chi connectivity index (χ3n) is 3.99. The highest BCUT2D eigenvalue weighted by Crippen LogP contribution is 2.11. The standard InChI is InChI=1S/C18H26N4O6S/c1-29-7-6-13(18(27)28)21-17(26)14(9-15(20)24)22-16(25)12(19)8-10-2-4-11(23)5-3-10/h2-5,12-14,23H,6-9,19H2,1H3,(H2,20,24)(H,21,26)(H,22,25)(H,27,28). The van der Waals surface area contributed by atoms with E-state index in [9.17, 15) is 29.4 Å². The molecule has 0 heterocycles. The summed E-state index contributed by atoms with van der Waals surface area (Å²) in [5.41, 5.74) is 11.7. The molecule has 0 aliphatic carbocycles. The van der Waals surface area contributed by atoms with E-state index in [0.29, 0.717) is 11.3 Å². The molecule has 1 aromatic rings. The fourth-order valence-corrected chi connectivity index (χ4v) is 2.90. The van der Waals surface area contributed by atoms with Crippen LogP contribution in [0.15, 0.2) is 24.3 Å². The number of nitrogens with one attached hydrogen (secondary N) is 2. The number of carbonyl (C=O) groups excluding carboxylic acids is 3. The molecule has 3 atom stereocenters. The third kappa shape index (κ3) is 8.83. The van der Waals surface area contributed by atoms with E-state index in [2.05, 4.69) is 10.6 Å². The van der Waals surface area contributed by atoms with E-state index in [4.69, 9.17) is 11.5 Å². The Morgan fingerprint density at radius 1 is 1.07 bits per heavy atom. The van der Waals surface area contributed by atoms with Gasteiger partial charge in [0.05, 0.1) is 12.5 Å². The minimum Gasteiger partial charge on any atom is -0.508 e. The van der Waals surface area contributed by atoms with Crippen molar-refractivity contribution < 1.29 is 29.4 Å². The highest BCUT2D eigenvalue weighted by atomic mass is 32.2. The Morgan fingerprint density at radius 2 is 1.66 bits per heavy atom. The number of nitrogens with two attached hydrogens (primary N) is 2. The molecule has 3 unspecified atom stereocenters. The molecule has 0 saturated carbocycles. The van der Waals surface area contributed by atoms with E-state index in [1.54, 1.807) is 18.4 Å². The molecule has 0 bridgehead atoms. The molecule has 29 heavy (non-hydrogen) atoms. The summed E-state index contributed by atoms with van der Waals surface area (Å²) in [6.07, 6.45) is 1.60. The number of aliphatic carboxylic acids is 1. The predicted molar refractivity (Wildman–Crippen MR) is 108 cm³/mol. The Bertz CT molecular complexity index is 728. The molecule has 0 radical (unpaired) electrons. The predicted octanol–water partition coefficient (Wildman–Crippen LogP) is -1.06. The van der Waals surface area contributed by atoms with Crippen molar-refractivity contribution in [3.05, 3.63) is 29.8 Å². The zero-order valence-electron chi connectivity index (χ0n) is 16.0. The van der Waals surface area contributed by atoms with Crippen molar-refractivity contribution in [2.45, 2.75) is 37.4 Å². The third-order valence-corrected chi connectivity index (χ3v) is 4.64. The number of aromatic hydroxyl groups is 1. The maximum absolute atomic E-state index is 12.4. The van der Waals surface area contributed by atoms with Crippen molar-refractivity contribution in [1.29, 1.82) is 0 Å². The number of primary amides is 1. The summed E-state index contributed by atoms with van der Waals surface area (Å²) in [6, 6.07) is 2.55. The molecule has 0 spiro atoms. The summed E-state index contributed by atoms with van der Waals surface area (Å²) >= 11 is 1.42. The zero-order chi connectivity index (χ0) is 22.0. The number of phenolic OH excluding ortho intramolecular Hbond substituents is 1. The molecule has 0 fully saturated rings. The van der Waals surface area contributed by atoms with Gasteiger partial charge in [-0.2, -0.15) is 11.8 Å². The van der Waals surface area contributed by atoms with Crippen LogP contribution in [0.4, 0.5) is 0 Å². The lowest BCUT2D eigenvalue weighted by molar-refractivity contribution is -0.142. The van der Waals surface area contributed by atoms with E-state index in [0.717, 1.165) is 0 Å². The molecule has 160 valence electrons. The van der Waals surface area contributed by atoms with E-state index < -0.39 is 48.2 Å². The molecular weight excluding hydrogens is 400 g/mol. The second-order valence-corrected chi connectivity index (χ2v) is 7.38. The first-order valence-corrected chi connectivity index (χ1v) is 10.2. The molecule has 10 nitrogen and oxygen atoms in total. The van der Waals surface area contributed by atoms with Gasteiger partial charge < -0.3 is 32.3 Å². The molecule has 0 saturated heterocycles. The van der Waals surface area contributed by atoms with Crippen molar-refractivity contribution in [1.82, 2.24) is 10.6 Å². The Hall–Kier alpha value is -2.79. The Kier molecular flexibility index (Phi) is 9.97. The van der Waals surface area contributed by atoms with Crippen LogP contribution in [0.1, 0.15) is 18.4 Å². The van der Waals surface area contributed by atoms with Gasteiger partial charge in [-0.05, 0) is 42.5 Å². The topological polar surface area (TPSA) is 185 Å². The van der Waals surface area contributed by atoms with Crippen molar-refractivity contribution in [2.24, 2.45) is 11.5 Å². The van der Waals surface area contributed by atoms with Crippen LogP contribution in [0.25, 0.3) is 0 Å². The van der Waals surface area contributed by atoms with E-state index >= 15 is 0 Å². The van der Waals surface area contributed by atoms with Gasteiger partial charge in [-0.15, -0.1) is 0 Å². The minimum absolute atomic E-state index is 0.0689. The van der Waals surface area contributed by atoms with Gasteiger partial charge in [0.2, 0.25) is 17.7 Å². The van der Waals surface area contributed by atoms with Crippen LogP contribution in [0, 0.1) is 0 Å². The molecule has 0 aliphatic heterocycles. The van der Waals surface area contributed by atoms with Gasteiger partial charge in [0, 0.05) is 0 Å². The van der Waals surface area contributed by atoms with Crippen molar-refractivity contribution in [2.75, 3.05) is 12.0 Å². The van der Waals surface area contributed by atoms with Gasteiger partial charge in [0.1, 0.15) is 17.8 Å². The molecule has 1 aromatic carbocycles. The monoisotopic (exact) mass is 426 g/mol. The average Bonchev–Trinajstić information content (AvgIpc) is 2.65. The van der Waals surface area contributed by atoms with E-state index in [1.165, 1.54) is 23.9 Å². The highest BCUT2D eigenvalue weighted by Gasteiger charge is 2.29. The fourth-order valence-electron chi connectivity index (χ4n) is 2.43. The van der Waals surface area contributed by atoms with Gasteiger partial charge in [-0.1, -0.05) is 12.1 Å². The molecule has 11 heteroatoms. The Morgan fingerprint density at radius 3 is 2.17 bits per heavy atom. The SMILES string of the molecule is CSCCC(NC(=O)C(CC(N)=O)NC(=O)C(N)Cc1ccc(O)cc1)C(=O)O. The van der Waals surface area contributed by atoms with Crippen molar-refractivity contribution in [3.8, 4) is 5.75 Å². The van der Waals surface area contributed by atoms with Crippen LogP contribution in [0.5, 0.6) is 5.75 Å². The number of benzene rings is 1. The first kappa shape index (κ1) is 24.2. The van der Waals surface area contributed by atoms with Crippen LogP contribution < -0.4 is 22.1 Å². The number of phenols is 1. The summed E-state index contributed by atoms with van der Waals surface area (Å²) in [7, 11) is 0. The number of carboxylic acid groups (broad SMARTS) is 1. The number of hydrogen-bond acceptors (Lipinski definition) is 7. The first-order valence-electron chi connectivity index (χ1n) is 8.78. The Labute approximate surface area is 172 Å². The molecule has 8 N–H and O–H groups in total. The fraction of sp³-hybridized carbons (Fsp3) is 0.444. The summed E-state index contributed by atoms with van der Waals surface area (Å²) in [6.45, 7) is 0. The highest BCUT2D eigenvalue weighted by molar-refractivity contribution is 7.98. The quantitative estimate of drug-likeness (QED) is 0.244. The van der Waals surface area contributed by atoms with Crippen LogP contribution in [0.3, 0.4) is 0 Å². The number of carbonyl (C=O) groups is 4. The van der Waals surface area contributed by atoms with E-state index in [1.807, 2.05) is 0 Å². The minimum atomic E-state index is -1.35. The largest absolute Gasteiger partial charge is 0.508 e. The van der Waals surface area contributed by atoms with Gasteiger partial charge in [0.15, 0.2) is 0 Å². The lowest BCUT2D eigenvalue weighted by atomic mass is 10.0. The zero-order valence-corrected chi connectivity index (χ0v) is 16.8. The lowest BCUT2D eigenvalue weighted by Crippen LogP contribution is -2.55. The van der Waals surface area contributed by atoms with Gasteiger partial charge in [-0.3, -0.25) is 14.4 Å². The first-order chi connectivity index (χ1) is 13.6. The second kappa shape index (κ2) is 11.9. The van der Waals surface area contributed by atoms with Crippen LogP contribution in [-0.2, 0) is 25.6 Å². The summed E-state index contributed by atoms with van der Waals surface area (Å²) in [4.78, 5) is 47.4. The number of rotatable bonds is 12. The lowest BCUT2D eigenvalue weighted by Gasteiger charge is -2.22. The van der Waals surface area contributed by atoms with Crippen molar-refractivity contribution in [3.63, 3.8) is 0 Å².